The van der Waals surface area contributed by atoms with Crippen molar-refractivity contribution < 1.29 is 19.1 Å². The first-order valence-electron chi connectivity index (χ1n) is 7.48. The van der Waals surface area contributed by atoms with Crippen LogP contribution in [0.15, 0.2) is 0 Å². The maximum Gasteiger partial charge on any atom is 0.323 e. The van der Waals surface area contributed by atoms with Crippen LogP contribution in [0.1, 0.15) is 6.42 Å². The second-order valence-electron chi connectivity index (χ2n) is 7.82. The molecular formula is C14H31NO4Si2. The van der Waals surface area contributed by atoms with Gasteiger partial charge in [-0.25, -0.2) is 0 Å². The van der Waals surface area contributed by atoms with Gasteiger partial charge in [0.1, 0.15) is 6.04 Å². The fourth-order valence-electron chi connectivity index (χ4n) is 1.36. The Morgan fingerprint density at radius 3 is 1.76 bits per heavy atom. The van der Waals surface area contributed by atoms with Crippen molar-refractivity contribution in [1.29, 1.82) is 0 Å². The molecule has 5 nitrogen and oxygen atoms in total. The van der Waals surface area contributed by atoms with E-state index in [0.29, 0.717) is 13.2 Å². The summed E-state index contributed by atoms with van der Waals surface area (Å²) in [6, 6.07) is 0.881. The highest BCUT2D eigenvalue weighted by Gasteiger charge is 2.22. The molecule has 0 fully saturated rings. The quantitative estimate of drug-likeness (QED) is 0.518. The van der Waals surface area contributed by atoms with Crippen LogP contribution < -0.4 is 5.73 Å². The zero-order valence-corrected chi connectivity index (χ0v) is 16.3. The Hall–Kier alpha value is -0.666. The van der Waals surface area contributed by atoms with E-state index in [1.165, 1.54) is 0 Å². The van der Waals surface area contributed by atoms with Gasteiger partial charge in [-0.05, 0) is 12.1 Å². The van der Waals surface area contributed by atoms with Gasteiger partial charge in [-0.1, -0.05) is 39.3 Å². The highest BCUT2D eigenvalue weighted by Crippen LogP contribution is 2.09. The average Bonchev–Trinajstić information content (AvgIpc) is 2.24. The summed E-state index contributed by atoms with van der Waals surface area (Å²) in [5.74, 6) is -0.946. The third-order valence-corrected chi connectivity index (χ3v) is 6.31. The lowest BCUT2D eigenvalue weighted by Gasteiger charge is -2.17. The Morgan fingerprint density at radius 2 is 1.33 bits per heavy atom. The average molecular weight is 334 g/mol. The molecule has 0 spiro atoms. The first kappa shape index (κ1) is 20.3. The molecule has 0 amide bonds. The van der Waals surface area contributed by atoms with Crippen molar-refractivity contribution in [1.82, 2.24) is 0 Å². The number of hydrogen-bond acceptors (Lipinski definition) is 5. The second-order valence-corrected chi connectivity index (χ2v) is 19.1. The molecule has 0 saturated heterocycles. The number of esters is 2. The minimum atomic E-state index is -1.23. The zero-order valence-electron chi connectivity index (χ0n) is 14.3. The standard InChI is InChI=1S/C14H31NO4Si2/c1-20(2,3)9-7-18-13(16)11-12(15)14(17)19-8-10-21(4,5)6/h12H,7-11,15H2,1-6H3. The van der Waals surface area contributed by atoms with Crippen molar-refractivity contribution in [2.75, 3.05) is 13.2 Å². The summed E-state index contributed by atoms with van der Waals surface area (Å²) in [5, 5.41) is 0. The van der Waals surface area contributed by atoms with E-state index >= 15 is 0 Å². The maximum absolute atomic E-state index is 11.7. The summed E-state index contributed by atoms with van der Waals surface area (Å²) in [4.78, 5) is 23.3. The highest BCUT2D eigenvalue weighted by atomic mass is 28.3. The molecule has 0 aromatic carbocycles. The summed E-state index contributed by atoms with van der Waals surface area (Å²) >= 11 is 0. The van der Waals surface area contributed by atoms with Gasteiger partial charge in [0.05, 0.1) is 19.6 Å². The SMILES string of the molecule is C[Si](C)(C)CCOC(=O)CC(N)C(=O)OCC[Si](C)(C)C. The van der Waals surface area contributed by atoms with Crippen LogP contribution in [-0.4, -0.2) is 47.3 Å². The number of carbonyl (C=O) groups excluding carboxylic acids is 2. The Morgan fingerprint density at radius 1 is 0.905 bits per heavy atom. The molecule has 0 aliphatic heterocycles. The van der Waals surface area contributed by atoms with Gasteiger partial charge < -0.3 is 15.2 Å². The van der Waals surface area contributed by atoms with Gasteiger partial charge >= 0.3 is 11.9 Å². The van der Waals surface area contributed by atoms with Crippen LogP contribution in [0.3, 0.4) is 0 Å². The van der Waals surface area contributed by atoms with Crippen LogP contribution in [0.5, 0.6) is 0 Å². The molecule has 0 aromatic heterocycles. The Bertz CT molecular complexity index is 348. The smallest absolute Gasteiger partial charge is 0.323 e. The lowest BCUT2D eigenvalue weighted by Crippen LogP contribution is -2.36. The molecule has 0 saturated carbocycles. The van der Waals surface area contributed by atoms with E-state index in [1.807, 2.05) is 0 Å². The molecule has 1 atom stereocenters. The lowest BCUT2D eigenvalue weighted by atomic mass is 10.2. The molecular weight excluding hydrogens is 302 g/mol. The summed E-state index contributed by atoms with van der Waals surface area (Å²) in [5.41, 5.74) is 5.67. The van der Waals surface area contributed by atoms with Gasteiger partial charge in [-0.15, -0.1) is 0 Å². The number of hydrogen-bond donors (Lipinski definition) is 1. The van der Waals surface area contributed by atoms with Gasteiger partial charge in [0.25, 0.3) is 0 Å². The van der Waals surface area contributed by atoms with Crippen molar-refractivity contribution in [3.05, 3.63) is 0 Å². The van der Waals surface area contributed by atoms with E-state index in [2.05, 4.69) is 39.3 Å². The Balaban J connectivity index is 3.93. The van der Waals surface area contributed by atoms with E-state index in [9.17, 15) is 9.59 Å². The number of ether oxygens (including phenoxy) is 2. The van der Waals surface area contributed by atoms with E-state index in [4.69, 9.17) is 15.2 Å². The number of rotatable bonds is 9. The molecule has 0 aromatic rings. The topological polar surface area (TPSA) is 78.6 Å². The monoisotopic (exact) mass is 333 g/mol. The lowest BCUT2D eigenvalue weighted by molar-refractivity contribution is -0.151. The summed E-state index contributed by atoms with van der Waals surface area (Å²) in [6.45, 7) is 14.0. The molecule has 0 aliphatic carbocycles. The first-order valence-corrected chi connectivity index (χ1v) is 14.9. The summed E-state index contributed by atoms with van der Waals surface area (Å²) < 4.78 is 10.2. The van der Waals surface area contributed by atoms with Gasteiger partial charge in [0.2, 0.25) is 0 Å². The maximum atomic E-state index is 11.7. The number of carbonyl (C=O) groups is 2. The molecule has 0 radical (unpaired) electrons. The molecule has 2 N–H and O–H groups in total. The second kappa shape index (κ2) is 8.70. The fraction of sp³-hybridized carbons (Fsp3) is 0.857. The molecule has 1 unspecified atom stereocenters. The minimum Gasteiger partial charge on any atom is -0.466 e. The Labute approximate surface area is 130 Å². The van der Waals surface area contributed by atoms with Gasteiger partial charge in [-0.2, -0.15) is 0 Å². The Kier molecular flexibility index (Phi) is 8.42. The van der Waals surface area contributed by atoms with E-state index < -0.39 is 34.1 Å². The van der Waals surface area contributed by atoms with Crippen LogP contribution in [-0.2, 0) is 19.1 Å². The summed E-state index contributed by atoms with van der Waals surface area (Å²) in [6.07, 6.45) is -0.114. The molecule has 0 aliphatic rings. The van der Waals surface area contributed by atoms with Crippen LogP contribution in [0.2, 0.25) is 51.4 Å². The van der Waals surface area contributed by atoms with Crippen LogP contribution in [0.25, 0.3) is 0 Å². The van der Waals surface area contributed by atoms with Crippen molar-refractivity contribution in [3.8, 4) is 0 Å². The predicted molar refractivity (Wildman–Crippen MR) is 90.8 cm³/mol. The molecule has 0 bridgehead atoms. The first-order chi connectivity index (χ1) is 9.41. The molecule has 7 heteroatoms. The largest absolute Gasteiger partial charge is 0.466 e. The van der Waals surface area contributed by atoms with E-state index in [0.717, 1.165) is 12.1 Å². The van der Waals surface area contributed by atoms with Crippen LogP contribution >= 0.6 is 0 Å². The van der Waals surface area contributed by atoms with E-state index in [-0.39, 0.29) is 6.42 Å². The zero-order chi connectivity index (χ0) is 16.7. The van der Waals surface area contributed by atoms with Crippen molar-refractivity contribution in [2.45, 2.75) is 63.8 Å². The molecule has 21 heavy (non-hydrogen) atoms. The normalized spacial score (nSPS) is 13.7. The predicted octanol–water partition coefficient (Wildman–Crippen LogP) is 2.47. The van der Waals surface area contributed by atoms with Crippen molar-refractivity contribution in [3.63, 3.8) is 0 Å². The van der Waals surface area contributed by atoms with Crippen LogP contribution in [0.4, 0.5) is 0 Å². The summed E-state index contributed by atoms with van der Waals surface area (Å²) in [7, 11) is -2.45. The van der Waals surface area contributed by atoms with Gasteiger partial charge in [0, 0.05) is 16.1 Å². The van der Waals surface area contributed by atoms with Crippen molar-refractivity contribution >= 4 is 28.1 Å². The minimum absolute atomic E-state index is 0.114. The van der Waals surface area contributed by atoms with E-state index in [1.54, 1.807) is 0 Å². The molecule has 124 valence electrons. The fourth-order valence-corrected chi connectivity index (χ4v) is 2.79. The third-order valence-electron chi connectivity index (χ3n) is 2.90. The third kappa shape index (κ3) is 12.8. The van der Waals surface area contributed by atoms with Crippen molar-refractivity contribution in [2.24, 2.45) is 5.73 Å². The van der Waals surface area contributed by atoms with Gasteiger partial charge in [-0.3, -0.25) is 9.59 Å². The number of nitrogens with two attached hydrogens (primary N) is 1. The van der Waals surface area contributed by atoms with Gasteiger partial charge in [0.15, 0.2) is 0 Å². The molecule has 0 rings (SSSR count). The van der Waals surface area contributed by atoms with Crippen LogP contribution in [0, 0.1) is 0 Å². The highest BCUT2D eigenvalue weighted by molar-refractivity contribution is 6.76. The molecule has 0 heterocycles.